The lowest BCUT2D eigenvalue weighted by Crippen LogP contribution is -2.31. The van der Waals surface area contributed by atoms with Crippen LogP contribution in [0.4, 0.5) is 8.78 Å². The molecule has 0 aliphatic rings. The van der Waals surface area contributed by atoms with Gasteiger partial charge in [0.1, 0.15) is 23.7 Å². The Morgan fingerprint density at radius 2 is 1.81 bits per heavy atom. The zero-order valence-corrected chi connectivity index (χ0v) is 14.5. The van der Waals surface area contributed by atoms with Gasteiger partial charge in [-0.2, -0.15) is 0 Å². The molecule has 27 heavy (non-hydrogen) atoms. The molecule has 0 fully saturated rings. The maximum Gasteiger partial charge on any atom is 0.257 e. The van der Waals surface area contributed by atoms with Crippen molar-refractivity contribution in [1.29, 1.82) is 0 Å². The van der Waals surface area contributed by atoms with Gasteiger partial charge in [-0.3, -0.25) is 9.78 Å². The van der Waals surface area contributed by atoms with Crippen molar-refractivity contribution in [3.8, 4) is 5.88 Å². The van der Waals surface area contributed by atoms with Gasteiger partial charge in [-0.1, -0.05) is 24.3 Å². The molecule has 1 atom stereocenters. The molecule has 3 aromatic rings. The average Bonchev–Trinajstić information content (AvgIpc) is 2.72. The van der Waals surface area contributed by atoms with Gasteiger partial charge >= 0.3 is 0 Å². The number of hydrogen-bond donors (Lipinski definition) is 1. The van der Waals surface area contributed by atoms with Gasteiger partial charge in [0, 0.05) is 12.4 Å². The third-order valence-electron chi connectivity index (χ3n) is 4.01. The minimum atomic E-state index is -0.864. The predicted molar refractivity (Wildman–Crippen MR) is 95.5 cm³/mol. The monoisotopic (exact) mass is 369 g/mol. The van der Waals surface area contributed by atoms with Gasteiger partial charge in [0.25, 0.3) is 5.91 Å². The van der Waals surface area contributed by atoms with E-state index in [0.717, 1.165) is 0 Å². The number of hydrogen-bond acceptors (Lipinski definition) is 4. The first-order valence-electron chi connectivity index (χ1n) is 8.19. The van der Waals surface area contributed by atoms with Crippen molar-refractivity contribution in [2.45, 2.75) is 12.7 Å². The van der Waals surface area contributed by atoms with E-state index in [1.54, 1.807) is 36.4 Å². The summed E-state index contributed by atoms with van der Waals surface area (Å²) in [7, 11) is 1.41. The van der Waals surface area contributed by atoms with Crippen LogP contribution in [0.25, 0.3) is 0 Å². The van der Waals surface area contributed by atoms with E-state index in [0.29, 0.717) is 11.1 Å². The van der Waals surface area contributed by atoms with E-state index in [-0.39, 0.29) is 17.1 Å². The highest BCUT2D eigenvalue weighted by Crippen LogP contribution is 2.25. The van der Waals surface area contributed by atoms with Crippen LogP contribution in [0.15, 0.2) is 60.9 Å². The Kier molecular flexibility index (Phi) is 5.71. The van der Waals surface area contributed by atoms with Crippen LogP contribution in [0.3, 0.4) is 0 Å². The zero-order chi connectivity index (χ0) is 19.2. The van der Waals surface area contributed by atoms with E-state index in [1.165, 1.54) is 31.6 Å². The third-order valence-corrected chi connectivity index (χ3v) is 4.01. The zero-order valence-electron chi connectivity index (χ0n) is 14.5. The van der Waals surface area contributed by atoms with Crippen LogP contribution >= 0.6 is 0 Å². The number of rotatable bonds is 6. The number of halogens is 2. The summed E-state index contributed by atoms with van der Waals surface area (Å²) in [5.74, 6) is -0.900. The van der Waals surface area contributed by atoms with Crippen LogP contribution in [0.1, 0.15) is 33.2 Å². The average molecular weight is 369 g/mol. The SMILES string of the molecule is COc1ncccc1C(=O)NC(c1ccc(CF)cc1)c1ncccc1F. The smallest absolute Gasteiger partial charge is 0.257 e. The summed E-state index contributed by atoms with van der Waals surface area (Å²) in [5.41, 5.74) is 1.32. The summed E-state index contributed by atoms with van der Waals surface area (Å²) in [4.78, 5) is 20.8. The molecule has 0 spiro atoms. The first-order chi connectivity index (χ1) is 13.1. The molecule has 0 radical (unpaired) electrons. The second-order valence-electron chi connectivity index (χ2n) is 5.71. The summed E-state index contributed by atoms with van der Waals surface area (Å²) in [6.45, 7) is -0.609. The van der Waals surface area contributed by atoms with Crippen molar-refractivity contribution in [3.63, 3.8) is 0 Å². The number of pyridine rings is 2. The fraction of sp³-hybridized carbons (Fsp3) is 0.150. The number of carbonyl (C=O) groups excluding carboxylic acids is 1. The molecule has 0 bridgehead atoms. The Balaban J connectivity index is 1.99. The summed E-state index contributed by atoms with van der Waals surface area (Å²) in [6, 6.07) is 11.5. The normalized spacial score (nSPS) is 11.7. The van der Waals surface area contributed by atoms with E-state index in [2.05, 4.69) is 15.3 Å². The molecule has 2 aromatic heterocycles. The van der Waals surface area contributed by atoms with Crippen molar-refractivity contribution in [3.05, 3.63) is 89.1 Å². The second kappa shape index (κ2) is 8.35. The predicted octanol–water partition coefficient (Wildman–Crippen LogP) is 3.61. The standard InChI is InChI=1S/C20H17F2N3O2/c1-27-20-15(4-2-11-24-20)19(26)25-17(18-16(22)5-3-10-23-18)14-8-6-13(12-21)7-9-14/h2-11,17H,12H2,1H3,(H,25,26). The van der Waals surface area contributed by atoms with E-state index in [1.807, 2.05) is 0 Å². The van der Waals surface area contributed by atoms with Crippen molar-refractivity contribution in [2.75, 3.05) is 7.11 Å². The molecule has 138 valence electrons. The van der Waals surface area contributed by atoms with Crippen LogP contribution in [0, 0.1) is 5.82 Å². The molecule has 1 unspecified atom stereocenters. The fourth-order valence-corrected chi connectivity index (χ4v) is 2.65. The molecule has 1 N–H and O–H groups in total. The molecular weight excluding hydrogens is 352 g/mol. The van der Waals surface area contributed by atoms with Crippen LogP contribution in [0.2, 0.25) is 0 Å². The molecule has 0 saturated carbocycles. The summed E-state index contributed by atoms with van der Waals surface area (Å²) < 4.78 is 32.3. The van der Waals surface area contributed by atoms with Gasteiger partial charge in [-0.05, 0) is 35.4 Å². The van der Waals surface area contributed by atoms with Gasteiger partial charge in [0.05, 0.1) is 13.2 Å². The summed E-state index contributed by atoms with van der Waals surface area (Å²) >= 11 is 0. The maximum atomic E-state index is 14.4. The van der Waals surface area contributed by atoms with Crippen LogP contribution < -0.4 is 10.1 Å². The number of nitrogens with zero attached hydrogens (tertiary/aromatic N) is 2. The lowest BCUT2D eigenvalue weighted by atomic mass is 10.0. The molecule has 0 aliphatic heterocycles. The molecule has 0 saturated heterocycles. The Morgan fingerprint density at radius 1 is 1.11 bits per heavy atom. The summed E-state index contributed by atoms with van der Waals surface area (Å²) in [5, 5.41) is 2.76. The van der Waals surface area contributed by atoms with Crippen molar-refractivity contribution < 1.29 is 18.3 Å². The summed E-state index contributed by atoms with van der Waals surface area (Å²) in [6.07, 6.45) is 2.94. The van der Waals surface area contributed by atoms with Crippen LogP contribution in [-0.2, 0) is 6.67 Å². The highest BCUT2D eigenvalue weighted by molar-refractivity contribution is 5.96. The number of ether oxygens (including phenoxy) is 1. The van der Waals surface area contributed by atoms with E-state index < -0.39 is 24.4 Å². The number of methoxy groups -OCH3 is 1. The highest BCUT2D eigenvalue weighted by Gasteiger charge is 2.24. The maximum absolute atomic E-state index is 14.4. The molecule has 1 aromatic carbocycles. The Morgan fingerprint density at radius 3 is 2.48 bits per heavy atom. The molecule has 3 rings (SSSR count). The largest absolute Gasteiger partial charge is 0.480 e. The fourth-order valence-electron chi connectivity index (χ4n) is 2.65. The number of benzene rings is 1. The second-order valence-corrected chi connectivity index (χ2v) is 5.71. The first kappa shape index (κ1) is 18.4. The molecular formula is C20H17F2N3O2. The molecule has 0 aliphatic carbocycles. The van der Waals surface area contributed by atoms with Crippen LogP contribution in [0.5, 0.6) is 5.88 Å². The molecule has 7 heteroatoms. The molecule has 1 amide bonds. The van der Waals surface area contributed by atoms with Gasteiger partial charge in [-0.15, -0.1) is 0 Å². The number of carbonyl (C=O) groups is 1. The third kappa shape index (κ3) is 4.08. The lowest BCUT2D eigenvalue weighted by Gasteiger charge is -2.20. The Labute approximate surface area is 155 Å². The minimum Gasteiger partial charge on any atom is -0.480 e. The highest BCUT2D eigenvalue weighted by atomic mass is 19.1. The Hall–Kier alpha value is -3.35. The van der Waals surface area contributed by atoms with Crippen molar-refractivity contribution in [1.82, 2.24) is 15.3 Å². The van der Waals surface area contributed by atoms with Crippen molar-refractivity contribution >= 4 is 5.91 Å². The van der Waals surface area contributed by atoms with Crippen LogP contribution in [-0.4, -0.2) is 23.0 Å². The minimum absolute atomic E-state index is 0.0571. The number of amides is 1. The number of alkyl halides is 1. The molecule has 5 nitrogen and oxygen atoms in total. The number of nitrogens with one attached hydrogen (secondary N) is 1. The lowest BCUT2D eigenvalue weighted by molar-refractivity contribution is 0.0938. The van der Waals surface area contributed by atoms with E-state index in [4.69, 9.17) is 4.74 Å². The van der Waals surface area contributed by atoms with E-state index >= 15 is 0 Å². The van der Waals surface area contributed by atoms with Gasteiger partial charge in [-0.25, -0.2) is 13.8 Å². The Bertz CT molecular complexity index is 933. The van der Waals surface area contributed by atoms with E-state index in [9.17, 15) is 13.6 Å². The first-order valence-corrected chi connectivity index (χ1v) is 8.19. The number of aromatic nitrogens is 2. The molecule has 2 heterocycles. The topological polar surface area (TPSA) is 64.1 Å². The van der Waals surface area contributed by atoms with Gasteiger partial charge in [0.2, 0.25) is 5.88 Å². The van der Waals surface area contributed by atoms with Gasteiger partial charge < -0.3 is 10.1 Å². The van der Waals surface area contributed by atoms with Crippen molar-refractivity contribution in [2.24, 2.45) is 0 Å². The quantitative estimate of drug-likeness (QED) is 0.721. The van der Waals surface area contributed by atoms with Gasteiger partial charge in [0.15, 0.2) is 0 Å².